The summed E-state index contributed by atoms with van der Waals surface area (Å²) in [6, 6.07) is 5.47. The van der Waals surface area contributed by atoms with Gasteiger partial charge in [-0.2, -0.15) is 0 Å². The summed E-state index contributed by atoms with van der Waals surface area (Å²) in [5.41, 5.74) is 12.5. The summed E-state index contributed by atoms with van der Waals surface area (Å²) >= 11 is 7.69. The van der Waals surface area contributed by atoms with Crippen LogP contribution in [0.15, 0.2) is 40.5 Å². The Morgan fingerprint density at radius 3 is 2.58 bits per heavy atom. The minimum atomic E-state index is 0.256. The van der Waals surface area contributed by atoms with E-state index in [1.807, 2.05) is 18.3 Å². The van der Waals surface area contributed by atoms with E-state index < -0.39 is 0 Å². The van der Waals surface area contributed by atoms with Gasteiger partial charge in [0.25, 0.3) is 0 Å². The van der Waals surface area contributed by atoms with E-state index in [2.05, 4.69) is 21.8 Å². The van der Waals surface area contributed by atoms with Gasteiger partial charge >= 0.3 is 0 Å². The van der Waals surface area contributed by atoms with E-state index in [9.17, 15) is 0 Å². The smallest absolute Gasteiger partial charge is 0.147 e. The number of halogens is 1. The van der Waals surface area contributed by atoms with Crippen molar-refractivity contribution in [2.24, 2.45) is 11.1 Å². The van der Waals surface area contributed by atoms with Gasteiger partial charge < -0.3 is 16.4 Å². The minimum Gasteiger partial charge on any atom is -0.399 e. The molecule has 0 unspecified atom stereocenters. The molecule has 0 amide bonds. The van der Waals surface area contributed by atoms with Crippen molar-refractivity contribution in [3.63, 3.8) is 0 Å². The first-order chi connectivity index (χ1) is 11.5. The van der Waals surface area contributed by atoms with Crippen LogP contribution in [-0.4, -0.2) is 29.6 Å². The first kappa shape index (κ1) is 17.3. The maximum atomic E-state index is 6.21. The van der Waals surface area contributed by atoms with Gasteiger partial charge in [-0.1, -0.05) is 30.3 Å². The van der Waals surface area contributed by atoms with Crippen LogP contribution in [0, 0.1) is 5.41 Å². The van der Waals surface area contributed by atoms with Crippen LogP contribution in [0.4, 0.5) is 11.5 Å². The Kier molecular flexibility index (Phi) is 5.18. The molecule has 1 fully saturated rings. The highest BCUT2D eigenvalue weighted by Crippen LogP contribution is 2.34. The molecule has 4 N–H and O–H groups in total. The van der Waals surface area contributed by atoms with Crippen molar-refractivity contribution in [1.29, 1.82) is 0 Å². The Morgan fingerprint density at radius 1 is 1.25 bits per heavy atom. The Bertz CT molecular complexity index is 699. The van der Waals surface area contributed by atoms with Gasteiger partial charge in [-0.05, 0) is 43.0 Å². The van der Waals surface area contributed by atoms with Crippen LogP contribution in [0.2, 0.25) is 5.02 Å². The highest BCUT2D eigenvalue weighted by atomic mass is 35.5. The predicted molar refractivity (Wildman–Crippen MR) is 101 cm³/mol. The maximum Gasteiger partial charge on any atom is 0.147 e. The van der Waals surface area contributed by atoms with E-state index in [-0.39, 0.29) is 5.41 Å². The molecule has 128 valence electrons. The fourth-order valence-electron chi connectivity index (χ4n) is 2.72. The zero-order valence-electron chi connectivity index (χ0n) is 13.7. The Hall–Kier alpha value is -1.50. The molecule has 1 aromatic heterocycles. The van der Waals surface area contributed by atoms with Crippen LogP contribution in [0.5, 0.6) is 0 Å². The van der Waals surface area contributed by atoms with Crippen LogP contribution in [-0.2, 0) is 0 Å². The average Bonchev–Trinajstić information content (AvgIpc) is 2.59. The van der Waals surface area contributed by atoms with Crippen molar-refractivity contribution in [1.82, 2.24) is 9.97 Å². The molecule has 5 nitrogen and oxygen atoms in total. The number of anilines is 2. The second kappa shape index (κ2) is 7.17. The standard InChI is InChI=1S/C17H22ClN5S/c1-17(11-19)4-6-23(7-5-17)15-9-22-16(10-21-15)24-14-3-2-12(20)8-13(14)18/h2-3,8-10H,4-7,11,19-20H2,1H3. The summed E-state index contributed by atoms with van der Waals surface area (Å²) in [6.45, 7) is 4.94. The fourth-order valence-corrected chi connectivity index (χ4v) is 3.75. The van der Waals surface area contributed by atoms with Gasteiger partial charge in [0.15, 0.2) is 0 Å². The molecular formula is C17H22ClN5S. The third kappa shape index (κ3) is 3.94. The van der Waals surface area contributed by atoms with Crippen molar-refractivity contribution >= 4 is 34.9 Å². The zero-order chi connectivity index (χ0) is 17.2. The predicted octanol–water partition coefficient (Wildman–Crippen LogP) is 3.43. The number of hydrogen-bond donors (Lipinski definition) is 2. The highest BCUT2D eigenvalue weighted by molar-refractivity contribution is 7.99. The van der Waals surface area contributed by atoms with Crippen LogP contribution in [0.1, 0.15) is 19.8 Å². The largest absolute Gasteiger partial charge is 0.399 e. The van der Waals surface area contributed by atoms with E-state index in [0.717, 1.165) is 48.2 Å². The van der Waals surface area contributed by atoms with Gasteiger partial charge in [0.1, 0.15) is 10.8 Å². The molecule has 24 heavy (non-hydrogen) atoms. The number of piperidine rings is 1. The number of rotatable bonds is 4. The Morgan fingerprint density at radius 2 is 2.00 bits per heavy atom. The van der Waals surface area contributed by atoms with E-state index >= 15 is 0 Å². The molecule has 2 aromatic rings. The second-order valence-electron chi connectivity index (χ2n) is 6.51. The van der Waals surface area contributed by atoms with Crippen LogP contribution in [0.25, 0.3) is 0 Å². The molecule has 2 heterocycles. The van der Waals surface area contributed by atoms with E-state index in [0.29, 0.717) is 10.7 Å². The van der Waals surface area contributed by atoms with E-state index in [1.54, 1.807) is 12.3 Å². The lowest BCUT2D eigenvalue weighted by Crippen LogP contribution is -2.42. The lowest BCUT2D eigenvalue weighted by molar-refractivity contribution is 0.258. The number of nitrogens with two attached hydrogens (primary N) is 2. The monoisotopic (exact) mass is 363 g/mol. The molecule has 1 saturated heterocycles. The van der Waals surface area contributed by atoms with E-state index in [4.69, 9.17) is 23.1 Å². The summed E-state index contributed by atoms with van der Waals surface area (Å²) in [7, 11) is 0. The Labute approximate surface area is 151 Å². The molecule has 0 saturated carbocycles. The molecule has 7 heteroatoms. The van der Waals surface area contributed by atoms with Gasteiger partial charge in [0, 0.05) is 23.7 Å². The first-order valence-corrected chi connectivity index (χ1v) is 9.18. The fraction of sp³-hybridized carbons (Fsp3) is 0.412. The summed E-state index contributed by atoms with van der Waals surface area (Å²) in [4.78, 5) is 12.3. The van der Waals surface area contributed by atoms with Gasteiger partial charge in [-0.15, -0.1) is 0 Å². The van der Waals surface area contributed by atoms with Gasteiger partial charge in [0.2, 0.25) is 0 Å². The minimum absolute atomic E-state index is 0.256. The van der Waals surface area contributed by atoms with Gasteiger partial charge in [-0.3, -0.25) is 0 Å². The first-order valence-electron chi connectivity index (χ1n) is 7.99. The SMILES string of the molecule is CC1(CN)CCN(c2cnc(Sc3ccc(N)cc3Cl)cn2)CC1. The topological polar surface area (TPSA) is 81.1 Å². The number of hydrogen-bond acceptors (Lipinski definition) is 6. The van der Waals surface area contributed by atoms with Crippen molar-refractivity contribution in [3.05, 3.63) is 35.6 Å². The second-order valence-corrected chi connectivity index (χ2v) is 7.98. The van der Waals surface area contributed by atoms with E-state index in [1.165, 1.54) is 11.8 Å². The van der Waals surface area contributed by atoms with Crippen molar-refractivity contribution < 1.29 is 0 Å². The molecule has 1 aromatic carbocycles. The quantitative estimate of drug-likeness (QED) is 0.810. The van der Waals surface area contributed by atoms with Crippen LogP contribution < -0.4 is 16.4 Å². The number of benzene rings is 1. The molecule has 3 rings (SSSR count). The van der Waals surface area contributed by atoms with Crippen LogP contribution >= 0.6 is 23.4 Å². The molecule has 0 atom stereocenters. The van der Waals surface area contributed by atoms with Crippen LogP contribution in [0.3, 0.4) is 0 Å². The molecule has 0 spiro atoms. The van der Waals surface area contributed by atoms with Gasteiger partial charge in [-0.25, -0.2) is 9.97 Å². The molecule has 1 aliphatic rings. The molecule has 0 radical (unpaired) electrons. The third-order valence-corrected chi connectivity index (χ3v) is 5.99. The molecule has 1 aliphatic heterocycles. The molecule has 0 bridgehead atoms. The number of nitrogen functional groups attached to an aromatic ring is 1. The average molecular weight is 364 g/mol. The highest BCUT2D eigenvalue weighted by Gasteiger charge is 2.29. The van der Waals surface area contributed by atoms with Crippen molar-refractivity contribution in [2.45, 2.75) is 29.7 Å². The van der Waals surface area contributed by atoms with Crippen molar-refractivity contribution in [2.75, 3.05) is 30.3 Å². The maximum absolute atomic E-state index is 6.21. The summed E-state index contributed by atoms with van der Waals surface area (Å²) in [5, 5.41) is 1.44. The number of aromatic nitrogens is 2. The van der Waals surface area contributed by atoms with Crippen molar-refractivity contribution in [3.8, 4) is 0 Å². The normalized spacial score (nSPS) is 17.0. The lowest BCUT2D eigenvalue weighted by Gasteiger charge is -2.39. The lowest BCUT2D eigenvalue weighted by atomic mass is 9.80. The zero-order valence-corrected chi connectivity index (χ0v) is 15.3. The Balaban J connectivity index is 1.66. The summed E-state index contributed by atoms with van der Waals surface area (Å²) < 4.78 is 0. The molecule has 0 aliphatic carbocycles. The number of nitrogens with zero attached hydrogens (tertiary/aromatic N) is 3. The summed E-state index contributed by atoms with van der Waals surface area (Å²) in [5.74, 6) is 0.918. The van der Waals surface area contributed by atoms with Gasteiger partial charge in [0.05, 0.1) is 17.4 Å². The molecular weight excluding hydrogens is 342 g/mol. The third-order valence-electron chi connectivity index (χ3n) is 4.57. The summed E-state index contributed by atoms with van der Waals surface area (Å²) in [6.07, 6.45) is 5.80.